The van der Waals surface area contributed by atoms with Crippen LogP contribution < -0.4 is 4.74 Å². The van der Waals surface area contributed by atoms with E-state index in [9.17, 15) is 4.79 Å². The third kappa shape index (κ3) is 3.22. The highest BCUT2D eigenvalue weighted by Gasteiger charge is 2.34. The smallest absolute Gasteiger partial charge is 0.165 e. The third-order valence-corrected chi connectivity index (χ3v) is 4.11. The van der Waals surface area contributed by atoms with Gasteiger partial charge in [-0.2, -0.15) is 0 Å². The molecule has 1 aromatic carbocycles. The summed E-state index contributed by atoms with van der Waals surface area (Å²) in [6, 6.07) is 7.04. The van der Waals surface area contributed by atoms with Crippen molar-refractivity contribution in [3.05, 3.63) is 29.3 Å². The molecule has 0 saturated carbocycles. The van der Waals surface area contributed by atoms with E-state index in [-0.39, 0.29) is 10.8 Å². The van der Waals surface area contributed by atoms with Crippen LogP contribution in [0.1, 0.15) is 20.8 Å². The quantitative estimate of drug-likeness (QED) is 0.784. The predicted molar refractivity (Wildman–Crippen MR) is 69.3 cm³/mol. The molecule has 88 valence electrons. The number of alkyl halides is 1. The lowest BCUT2D eigenvalue weighted by Crippen LogP contribution is -2.35. The lowest BCUT2D eigenvalue weighted by molar-refractivity contribution is -0.127. The van der Waals surface area contributed by atoms with Crippen molar-refractivity contribution in [2.45, 2.75) is 25.8 Å². The normalized spacial score (nSPS) is 13.3. The zero-order chi connectivity index (χ0) is 12.3. The minimum atomic E-state index is -0.570. The average molecular weight is 306 g/mol. The van der Waals surface area contributed by atoms with E-state index in [0.717, 1.165) is 0 Å². The summed E-state index contributed by atoms with van der Waals surface area (Å²) < 4.78 is 5.63. The van der Waals surface area contributed by atoms with Crippen LogP contribution in [0, 0.1) is 5.41 Å². The first kappa shape index (κ1) is 13.5. The zero-order valence-electron chi connectivity index (χ0n) is 9.46. The Morgan fingerprint density at radius 1 is 1.38 bits per heavy atom. The Morgan fingerprint density at radius 2 is 1.88 bits per heavy atom. The highest BCUT2D eigenvalue weighted by atomic mass is 79.9. The van der Waals surface area contributed by atoms with Gasteiger partial charge in [0.1, 0.15) is 11.5 Å². The first-order valence-electron chi connectivity index (χ1n) is 4.91. The average Bonchev–Trinajstić information content (AvgIpc) is 2.21. The van der Waals surface area contributed by atoms with Gasteiger partial charge in [-0.25, -0.2) is 0 Å². The molecule has 1 atom stereocenters. The van der Waals surface area contributed by atoms with Gasteiger partial charge in [-0.1, -0.05) is 11.6 Å². The van der Waals surface area contributed by atoms with Gasteiger partial charge in [0.2, 0.25) is 0 Å². The number of Topliss-reactive ketones (excluding diaryl/α,β-unsaturated/α-hetero) is 1. The number of halogens is 2. The number of rotatable bonds is 4. The Kier molecular flexibility index (Phi) is 4.39. The monoisotopic (exact) mass is 304 g/mol. The number of benzene rings is 1. The van der Waals surface area contributed by atoms with Crippen LogP contribution in [0.2, 0.25) is 5.02 Å². The van der Waals surface area contributed by atoms with E-state index >= 15 is 0 Å². The number of hydrogen-bond acceptors (Lipinski definition) is 2. The summed E-state index contributed by atoms with van der Waals surface area (Å²) in [7, 11) is 0. The molecule has 0 N–H and O–H groups in total. The summed E-state index contributed by atoms with van der Waals surface area (Å²) in [5.74, 6) is 0.754. The van der Waals surface area contributed by atoms with E-state index < -0.39 is 5.41 Å². The van der Waals surface area contributed by atoms with E-state index in [0.29, 0.717) is 10.8 Å². The summed E-state index contributed by atoms with van der Waals surface area (Å²) in [6.07, 6.45) is 0. The van der Waals surface area contributed by atoms with Crippen LogP contribution in [0.15, 0.2) is 24.3 Å². The number of carbonyl (C=O) groups excluding carboxylic acids is 1. The molecular formula is C12H14BrClO2. The summed E-state index contributed by atoms with van der Waals surface area (Å²) in [4.78, 5) is 11.4. The minimum Gasteiger partial charge on any atom is -0.478 e. The maximum Gasteiger partial charge on any atom is 0.165 e. The Bertz CT molecular complexity index is 373. The van der Waals surface area contributed by atoms with Crippen LogP contribution in [0.3, 0.4) is 0 Å². The first-order valence-corrected chi connectivity index (χ1v) is 6.20. The fourth-order valence-corrected chi connectivity index (χ4v) is 1.60. The molecule has 16 heavy (non-hydrogen) atoms. The maximum absolute atomic E-state index is 11.4. The van der Waals surface area contributed by atoms with Crippen LogP contribution >= 0.6 is 27.5 Å². The van der Waals surface area contributed by atoms with Gasteiger partial charge >= 0.3 is 0 Å². The van der Waals surface area contributed by atoms with Crippen molar-refractivity contribution < 1.29 is 9.53 Å². The van der Waals surface area contributed by atoms with E-state index in [1.165, 1.54) is 0 Å². The number of hydrogen-bond donors (Lipinski definition) is 0. The molecule has 2 nitrogen and oxygen atoms in total. The number of ketones is 1. The lowest BCUT2D eigenvalue weighted by Gasteiger charge is -2.27. The lowest BCUT2D eigenvalue weighted by atomic mass is 9.90. The Balaban J connectivity index is 2.75. The molecule has 0 aliphatic rings. The molecular weight excluding hydrogens is 291 g/mol. The van der Waals surface area contributed by atoms with E-state index in [4.69, 9.17) is 16.3 Å². The molecule has 4 heteroatoms. The van der Waals surface area contributed by atoms with Crippen molar-refractivity contribution in [3.63, 3.8) is 0 Å². The Morgan fingerprint density at radius 3 is 2.31 bits per heavy atom. The molecule has 0 fully saturated rings. The highest BCUT2D eigenvalue weighted by molar-refractivity contribution is 9.09. The van der Waals surface area contributed by atoms with Gasteiger partial charge in [-0.05, 0) is 61.0 Å². The molecule has 1 aromatic rings. The van der Waals surface area contributed by atoms with Crippen LogP contribution in [-0.2, 0) is 4.79 Å². The largest absolute Gasteiger partial charge is 0.478 e. The van der Waals surface area contributed by atoms with Crippen molar-refractivity contribution in [2.75, 3.05) is 0 Å². The molecule has 0 bridgehead atoms. The molecule has 1 rings (SSSR count). The van der Waals surface area contributed by atoms with Crippen LogP contribution in [-0.4, -0.2) is 10.8 Å². The molecule has 0 amide bonds. The minimum absolute atomic E-state index is 0.0725. The van der Waals surface area contributed by atoms with Gasteiger partial charge in [0.05, 0.1) is 5.41 Å². The molecule has 0 aliphatic heterocycles. The standard InChI is InChI=1S/C12H14BrClO2/c1-8(15)12(2,3)11(13)16-10-6-4-9(14)5-7-10/h4-7,11H,1-3H3. The second kappa shape index (κ2) is 5.19. The van der Waals surface area contributed by atoms with Crippen molar-refractivity contribution >= 4 is 33.3 Å². The van der Waals surface area contributed by atoms with Gasteiger partial charge < -0.3 is 4.74 Å². The van der Waals surface area contributed by atoms with Crippen LogP contribution in [0.5, 0.6) is 5.75 Å². The maximum atomic E-state index is 11.4. The van der Waals surface area contributed by atoms with E-state index in [1.54, 1.807) is 31.2 Å². The third-order valence-electron chi connectivity index (χ3n) is 2.53. The zero-order valence-corrected chi connectivity index (χ0v) is 11.8. The molecule has 0 aliphatic carbocycles. The topological polar surface area (TPSA) is 26.3 Å². The molecule has 0 spiro atoms. The van der Waals surface area contributed by atoms with E-state index in [1.807, 2.05) is 13.8 Å². The van der Waals surface area contributed by atoms with Gasteiger partial charge in [0.15, 0.2) is 5.01 Å². The summed E-state index contributed by atoms with van der Waals surface area (Å²) in [6.45, 7) is 5.23. The molecule has 0 heterocycles. The number of carbonyl (C=O) groups is 1. The van der Waals surface area contributed by atoms with Gasteiger partial charge in [-0.15, -0.1) is 0 Å². The number of ether oxygens (including phenoxy) is 1. The fourth-order valence-electron chi connectivity index (χ4n) is 0.940. The van der Waals surface area contributed by atoms with Crippen LogP contribution in [0.4, 0.5) is 0 Å². The summed E-state index contributed by atoms with van der Waals surface area (Å²) in [5.41, 5.74) is -0.570. The van der Waals surface area contributed by atoms with Crippen molar-refractivity contribution in [1.29, 1.82) is 0 Å². The molecule has 0 aromatic heterocycles. The van der Waals surface area contributed by atoms with Crippen LogP contribution in [0.25, 0.3) is 0 Å². The van der Waals surface area contributed by atoms with Gasteiger partial charge in [0, 0.05) is 5.02 Å². The second-order valence-corrected chi connectivity index (χ2v) is 5.43. The van der Waals surface area contributed by atoms with E-state index in [2.05, 4.69) is 15.9 Å². The summed E-state index contributed by atoms with van der Waals surface area (Å²) >= 11 is 9.15. The second-order valence-electron chi connectivity index (χ2n) is 4.17. The highest BCUT2D eigenvalue weighted by Crippen LogP contribution is 2.30. The summed E-state index contributed by atoms with van der Waals surface area (Å²) in [5, 5.41) is 0.294. The van der Waals surface area contributed by atoms with Crippen molar-refractivity contribution in [1.82, 2.24) is 0 Å². The molecule has 0 radical (unpaired) electrons. The first-order chi connectivity index (χ1) is 7.34. The van der Waals surface area contributed by atoms with Crippen molar-refractivity contribution in [3.8, 4) is 5.75 Å². The SMILES string of the molecule is CC(=O)C(C)(C)C(Br)Oc1ccc(Cl)cc1. The Labute approximate surface area is 109 Å². The fraction of sp³-hybridized carbons (Fsp3) is 0.417. The Hall–Kier alpha value is -0.540. The molecule has 0 saturated heterocycles. The van der Waals surface area contributed by atoms with Gasteiger partial charge in [0.25, 0.3) is 0 Å². The predicted octanol–water partition coefficient (Wildman–Crippen LogP) is 4.06. The van der Waals surface area contributed by atoms with Crippen molar-refractivity contribution in [2.24, 2.45) is 5.41 Å². The molecule has 1 unspecified atom stereocenters. The van der Waals surface area contributed by atoms with Gasteiger partial charge in [-0.3, -0.25) is 4.79 Å².